The Morgan fingerprint density at radius 1 is 1.42 bits per heavy atom. The largest absolute Gasteiger partial charge is 0.496 e. The second-order valence-corrected chi connectivity index (χ2v) is 5.78. The molecule has 1 rings (SSSR count). The van der Waals surface area contributed by atoms with E-state index in [0.717, 1.165) is 6.26 Å². The summed E-state index contributed by atoms with van der Waals surface area (Å²) in [6.07, 6.45) is -0.718. The van der Waals surface area contributed by atoms with Gasteiger partial charge in [-0.25, -0.2) is 13.2 Å². The monoisotopic (exact) mass is 288 g/mol. The molecule has 0 aliphatic heterocycles. The highest BCUT2D eigenvalue weighted by molar-refractivity contribution is 7.90. The standard InChI is InChI=1S/C12H16O6S/c1-4-18-12(14)11(13)10-8(17-2)6-5-7-9(10)19(3,15)16/h5-7,11,13H,4H2,1-3H3. The number of aliphatic hydroxyl groups is 1. The molecule has 1 unspecified atom stereocenters. The number of carbonyl (C=O) groups excluding carboxylic acids is 1. The number of hydrogen-bond donors (Lipinski definition) is 1. The molecule has 0 saturated heterocycles. The molecule has 6 nitrogen and oxygen atoms in total. The highest BCUT2D eigenvalue weighted by atomic mass is 32.2. The number of aliphatic hydroxyl groups excluding tert-OH is 1. The lowest BCUT2D eigenvalue weighted by Crippen LogP contribution is -2.19. The van der Waals surface area contributed by atoms with Crippen LogP contribution in [0.2, 0.25) is 0 Å². The molecule has 1 aromatic carbocycles. The molecule has 1 atom stereocenters. The van der Waals surface area contributed by atoms with E-state index in [1.807, 2.05) is 0 Å². The van der Waals surface area contributed by atoms with Gasteiger partial charge < -0.3 is 14.6 Å². The molecule has 0 aliphatic rings. The second-order valence-electron chi connectivity index (χ2n) is 3.80. The van der Waals surface area contributed by atoms with Crippen LogP contribution in [0.1, 0.15) is 18.6 Å². The van der Waals surface area contributed by atoms with Crippen molar-refractivity contribution in [1.82, 2.24) is 0 Å². The Balaban J connectivity index is 3.42. The van der Waals surface area contributed by atoms with Gasteiger partial charge in [-0.1, -0.05) is 6.07 Å². The summed E-state index contributed by atoms with van der Waals surface area (Å²) in [7, 11) is -2.29. The Morgan fingerprint density at radius 2 is 2.05 bits per heavy atom. The molecule has 0 fully saturated rings. The molecule has 19 heavy (non-hydrogen) atoms. The molecule has 0 spiro atoms. The average molecular weight is 288 g/mol. The molecule has 0 aromatic heterocycles. The van der Waals surface area contributed by atoms with Gasteiger partial charge in [-0.2, -0.15) is 0 Å². The van der Waals surface area contributed by atoms with Crippen molar-refractivity contribution in [3.8, 4) is 5.75 Å². The van der Waals surface area contributed by atoms with Crippen molar-refractivity contribution in [2.75, 3.05) is 20.0 Å². The Morgan fingerprint density at radius 3 is 2.53 bits per heavy atom. The number of sulfone groups is 1. The summed E-state index contributed by atoms with van der Waals surface area (Å²) in [6, 6.07) is 4.23. The van der Waals surface area contributed by atoms with Crippen molar-refractivity contribution >= 4 is 15.8 Å². The summed E-state index contributed by atoms with van der Waals surface area (Å²) in [5, 5.41) is 9.96. The van der Waals surface area contributed by atoms with E-state index in [1.165, 1.54) is 25.3 Å². The minimum absolute atomic E-state index is 0.0826. The molecule has 0 bridgehead atoms. The van der Waals surface area contributed by atoms with Gasteiger partial charge in [0.25, 0.3) is 0 Å². The van der Waals surface area contributed by atoms with Gasteiger partial charge >= 0.3 is 5.97 Å². The van der Waals surface area contributed by atoms with Crippen molar-refractivity contribution in [3.05, 3.63) is 23.8 Å². The third kappa shape index (κ3) is 3.45. The fourth-order valence-electron chi connectivity index (χ4n) is 1.63. The third-order valence-electron chi connectivity index (χ3n) is 2.43. The summed E-state index contributed by atoms with van der Waals surface area (Å²) in [4.78, 5) is 11.4. The summed E-state index contributed by atoms with van der Waals surface area (Å²) in [6.45, 7) is 1.67. The first-order valence-corrected chi connectivity index (χ1v) is 7.43. The average Bonchev–Trinajstić information content (AvgIpc) is 2.36. The molecule has 1 aromatic rings. The van der Waals surface area contributed by atoms with Gasteiger partial charge in [0.1, 0.15) is 5.75 Å². The van der Waals surface area contributed by atoms with Crippen molar-refractivity contribution in [3.63, 3.8) is 0 Å². The van der Waals surface area contributed by atoms with Crippen LogP contribution in [0.4, 0.5) is 0 Å². The number of ether oxygens (including phenoxy) is 2. The van der Waals surface area contributed by atoms with E-state index in [2.05, 4.69) is 4.74 Å². The lowest BCUT2D eigenvalue weighted by Gasteiger charge is -2.16. The van der Waals surface area contributed by atoms with Crippen molar-refractivity contribution in [2.45, 2.75) is 17.9 Å². The number of hydrogen-bond acceptors (Lipinski definition) is 6. The number of carbonyl (C=O) groups is 1. The summed E-state index contributed by atoms with van der Waals surface area (Å²) in [5.41, 5.74) is -0.106. The smallest absolute Gasteiger partial charge is 0.339 e. The van der Waals surface area contributed by atoms with E-state index in [4.69, 9.17) is 4.74 Å². The van der Waals surface area contributed by atoms with Crippen LogP contribution < -0.4 is 4.74 Å². The predicted octanol–water partition coefficient (Wildman–Crippen LogP) is 0.695. The highest BCUT2D eigenvalue weighted by Gasteiger charge is 2.29. The minimum Gasteiger partial charge on any atom is -0.496 e. The van der Waals surface area contributed by atoms with Crippen LogP contribution in [0.3, 0.4) is 0 Å². The van der Waals surface area contributed by atoms with Crippen LogP contribution in [-0.2, 0) is 19.4 Å². The van der Waals surface area contributed by atoms with E-state index < -0.39 is 21.9 Å². The molecule has 1 N–H and O–H groups in total. The summed E-state index contributed by atoms with van der Waals surface area (Å²) in [5.74, 6) is -0.805. The summed E-state index contributed by atoms with van der Waals surface area (Å²) < 4.78 is 33.1. The van der Waals surface area contributed by atoms with Gasteiger partial charge in [0, 0.05) is 6.26 Å². The maximum Gasteiger partial charge on any atom is 0.339 e. The Bertz CT molecular complexity index is 564. The second kappa shape index (κ2) is 6.03. The number of esters is 1. The van der Waals surface area contributed by atoms with E-state index >= 15 is 0 Å². The quantitative estimate of drug-likeness (QED) is 0.802. The zero-order valence-corrected chi connectivity index (χ0v) is 11.7. The fraction of sp³-hybridized carbons (Fsp3) is 0.417. The normalized spacial score (nSPS) is 12.8. The maximum atomic E-state index is 11.7. The molecular formula is C12H16O6S. The predicted molar refractivity (Wildman–Crippen MR) is 67.7 cm³/mol. The van der Waals surface area contributed by atoms with Crippen LogP contribution in [0.5, 0.6) is 5.75 Å². The molecule has 0 saturated carbocycles. The first-order valence-electron chi connectivity index (χ1n) is 5.54. The van der Waals surface area contributed by atoms with Crippen LogP contribution >= 0.6 is 0 Å². The molecular weight excluding hydrogens is 272 g/mol. The molecule has 0 aliphatic carbocycles. The van der Waals surface area contributed by atoms with Crippen LogP contribution in [-0.4, -0.2) is 39.5 Å². The lowest BCUT2D eigenvalue weighted by molar-refractivity contribution is -0.153. The first kappa shape index (κ1) is 15.5. The van der Waals surface area contributed by atoms with Crippen molar-refractivity contribution < 1.29 is 27.8 Å². The Labute approximate surface area is 111 Å². The zero-order valence-electron chi connectivity index (χ0n) is 10.9. The van der Waals surface area contributed by atoms with E-state index in [1.54, 1.807) is 6.92 Å². The Kier molecular flexibility index (Phi) is 4.90. The topological polar surface area (TPSA) is 89.9 Å². The Hall–Kier alpha value is -1.60. The fourth-order valence-corrected chi connectivity index (χ4v) is 2.57. The SMILES string of the molecule is CCOC(=O)C(O)c1c(OC)cccc1S(C)(=O)=O. The molecule has 0 amide bonds. The van der Waals surface area contributed by atoms with Crippen LogP contribution in [0.25, 0.3) is 0 Å². The van der Waals surface area contributed by atoms with Gasteiger partial charge in [0.15, 0.2) is 15.9 Å². The first-order chi connectivity index (χ1) is 8.82. The maximum absolute atomic E-state index is 11.7. The van der Waals surface area contributed by atoms with Gasteiger partial charge in [-0.05, 0) is 19.1 Å². The number of rotatable bonds is 5. The van der Waals surface area contributed by atoms with Crippen LogP contribution in [0.15, 0.2) is 23.1 Å². The van der Waals surface area contributed by atoms with Crippen LogP contribution in [0, 0.1) is 0 Å². The number of methoxy groups -OCH3 is 1. The van der Waals surface area contributed by atoms with Gasteiger partial charge in [-0.3, -0.25) is 0 Å². The van der Waals surface area contributed by atoms with E-state index in [-0.39, 0.29) is 22.8 Å². The number of benzene rings is 1. The molecule has 7 heteroatoms. The zero-order chi connectivity index (χ0) is 14.6. The highest BCUT2D eigenvalue weighted by Crippen LogP contribution is 2.32. The van der Waals surface area contributed by atoms with Gasteiger partial charge in [-0.15, -0.1) is 0 Å². The third-order valence-corrected chi connectivity index (χ3v) is 3.58. The summed E-state index contributed by atoms with van der Waals surface area (Å²) >= 11 is 0. The lowest BCUT2D eigenvalue weighted by atomic mass is 10.1. The molecule has 0 radical (unpaired) electrons. The van der Waals surface area contributed by atoms with E-state index in [9.17, 15) is 18.3 Å². The van der Waals surface area contributed by atoms with Gasteiger partial charge in [0.2, 0.25) is 0 Å². The van der Waals surface area contributed by atoms with Crippen molar-refractivity contribution in [2.24, 2.45) is 0 Å². The minimum atomic E-state index is -3.61. The van der Waals surface area contributed by atoms with E-state index in [0.29, 0.717) is 0 Å². The van der Waals surface area contributed by atoms with Gasteiger partial charge in [0.05, 0.1) is 24.2 Å². The molecule has 0 heterocycles. The molecule has 106 valence electrons. The van der Waals surface area contributed by atoms with Crippen molar-refractivity contribution in [1.29, 1.82) is 0 Å².